The summed E-state index contributed by atoms with van der Waals surface area (Å²) in [7, 11) is 3.18. The largest absolute Gasteiger partial charge is 0.497 e. The number of nitrogens with one attached hydrogen (secondary N) is 2. The molecule has 1 atom stereocenters. The normalized spacial score (nSPS) is 12.6. The van der Waals surface area contributed by atoms with Crippen LogP contribution in [0.15, 0.2) is 47.5 Å². The van der Waals surface area contributed by atoms with Crippen LogP contribution in [0.5, 0.6) is 11.5 Å². The minimum Gasteiger partial charge on any atom is -0.497 e. The van der Waals surface area contributed by atoms with Gasteiger partial charge in [-0.2, -0.15) is 0 Å². The number of hydrogen-bond donors (Lipinski definition) is 3. The maximum Gasteiger partial charge on any atom is 0.191 e. The molecule has 8 nitrogen and oxygen atoms in total. The van der Waals surface area contributed by atoms with Crippen LogP contribution in [-0.2, 0) is 6.54 Å². The number of aliphatic hydroxyl groups is 1. The van der Waals surface area contributed by atoms with Crippen LogP contribution in [0, 0.1) is 6.92 Å². The molecule has 3 rings (SSSR count). The predicted molar refractivity (Wildman–Crippen MR) is 128 cm³/mol. The van der Waals surface area contributed by atoms with Crippen LogP contribution in [-0.4, -0.2) is 54.5 Å². The summed E-state index contributed by atoms with van der Waals surface area (Å²) in [5.74, 6) is 2.95. The maximum absolute atomic E-state index is 10.7. The van der Waals surface area contributed by atoms with Crippen molar-refractivity contribution >= 4 is 17.0 Å². The van der Waals surface area contributed by atoms with E-state index in [4.69, 9.17) is 9.47 Å². The first-order chi connectivity index (χ1) is 15.6. The number of guanidine groups is 1. The third-order valence-electron chi connectivity index (χ3n) is 5.26. The first-order valence-corrected chi connectivity index (χ1v) is 10.9. The second-order valence-electron chi connectivity index (χ2n) is 7.42. The van der Waals surface area contributed by atoms with E-state index in [0.29, 0.717) is 23.0 Å². The van der Waals surface area contributed by atoms with Gasteiger partial charge in [0.1, 0.15) is 23.4 Å². The summed E-state index contributed by atoms with van der Waals surface area (Å²) in [6.45, 7) is 6.59. The Morgan fingerprint density at radius 3 is 2.72 bits per heavy atom. The summed E-state index contributed by atoms with van der Waals surface area (Å²) in [5, 5.41) is 17.3. The van der Waals surface area contributed by atoms with E-state index in [-0.39, 0.29) is 6.54 Å². The highest BCUT2D eigenvalue weighted by Gasteiger charge is 2.15. The Labute approximate surface area is 189 Å². The van der Waals surface area contributed by atoms with Gasteiger partial charge >= 0.3 is 0 Å². The van der Waals surface area contributed by atoms with Gasteiger partial charge in [0.05, 0.1) is 31.8 Å². The van der Waals surface area contributed by atoms with Crippen molar-refractivity contribution < 1.29 is 14.6 Å². The maximum atomic E-state index is 10.7. The molecule has 0 saturated heterocycles. The minimum atomic E-state index is -0.810. The number of methoxy groups -OCH3 is 2. The molecule has 0 bridgehead atoms. The molecule has 0 fully saturated rings. The van der Waals surface area contributed by atoms with Gasteiger partial charge in [0, 0.05) is 25.2 Å². The number of aryl methyl sites for hydroxylation is 2. The Bertz CT molecular complexity index is 1050. The van der Waals surface area contributed by atoms with Crippen molar-refractivity contribution in [1.82, 2.24) is 20.2 Å². The number of rotatable bonds is 10. The molecule has 0 aliphatic heterocycles. The van der Waals surface area contributed by atoms with Crippen molar-refractivity contribution in [1.29, 1.82) is 0 Å². The zero-order valence-electron chi connectivity index (χ0n) is 19.3. The SMILES string of the molecule is CCNC(=NCC(O)c1cc(OC)ccc1OC)NCCCn1c(C)nc2ccccc21. The lowest BCUT2D eigenvalue weighted by Gasteiger charge is -2.16. The minimum absolute atomic E-state index is 0.199. The Morgan fingerprint density at radius 2 is 1.97 bits per heavy atom. The fraction of sp³-hybridized carbons (Fsp3) is 0.417. The standard InChI is InChI=1S/C24H33N5O3/c1-5-25-24(27-16-22(30)19-15-18(31-3)11-12-23(19)32-4)26-13-8-14-29-17(2)28-20-9-6-7-10-21(20)29/h6-7,9-12,15,22,30H,5,8,13-14,16H2,1-4H3,(H2,25,26,27). The molecular weight excluding hydrogens is 406 g/mol. The van der Waals surface area contributed by atoms with Crippen molar-refractivity contribution in [2.24, 2.45) is 4.99 Å². The number of aliphatic hydroxyl groups excluding tert-OH is 1. The molecule has 0 radical (unpaired) electrons. The van der Waals surface area contributed by atoms with Gasteiger partial charge in [-0.15, -0.1) is 0 Å². The molecular formula is C24H33N5O3. The lowest BCUT2D eigenvalue weighted by Crippen LogP contribution is -2.38. The van der Waals surface area contributed by atoms with E-state index >= 15 is 0 Å². The Morgan fingerprint density at radius 1 is 1.16 bits per heavy atom. The average molecular weight is 440 g/mol. The highest BCUT2D eigenvalue weighted by molar-refractivity contribution is 5.79. The second kappa shape index (κ2) is 11.4. The van der Waals surface area contributed by atoms with Crippen LogP contribution in [0.2, 0.25) is 0 Å². The number of nitrogens with zero attached hydrogens (tertiary/aromatic N) is 3. The molecule has 172 valence electrons. The van der Waals surface area contributed by atoms with Crippen LogP contribution in [0.1, 0.15) is 30.8 Å². The van der Waals surface area contributed by atoms with Crippen molar-refractivity contribution in [2.75, 3.05) is 33.9 Å². The smallest absolute Gasteiger partial charge is 0.191 e. The number of para-hydroxylation sites is 2. The lowest BCUT2D eigenvalue weighted by atomic mass is 10.1. The van der Waals surface area contributed by atoms with E-state index in [1.807, 2.05) is 32.0 Å². The van der Waals surface area contributed by atoms with E-state index in [1.165, 1.54) is 0 Å². The van der Waals surface area contributed by atoms with E-state index in [1.54, 1.807) is 32.4 Å². The van der Waals surface area contributed by atoms with Crippen molar-refractivity contribution in [3.8, 4) is 11.5 Å². The third-order valence-corrected chi connectivity index (χ3v) is 5.26. The summed E-state index contributed by atoms with van der Waals surface area (Å²) in [6.07, 6.45) is 0.105. The fourth-order valence-electron chi connectivity index (χ4n) is 3.64. The summed E-state index contributed by atoms with van der Waals surface area (Å²) < 4.78 is 12.9. The molecule has 2 aromatic carbocycles. The zero-order valence-corrected chi connectivity index (χ0v) is 19.3. The molecule has 1 heterocycles. The number of benzene rings is 2. The number of aromatic nitrogens is 2. The molecule has 0 amide bonds. The average Bonchev–Trinajstić information content (AvgIpc) is 3.14. The molecule has 3 aromatic rings. The molecule has 3 N–H and O–H groups in total. The first-order valence-electron chi connectivity index (χ1n) is 10.9. The van der Waals surface area contributed by atoms with Crippen molar-refractivity contribution in [2.45, 2.75) is 32.9 Å². The van der Waals surface area contributed by atoms with Crippen LogP contribution in [0.25, 0.3) is 11.0 Å². The van der Waals surface area contributed by atoms with Crippen LogP contribution in [0.4, 0.5) is 0 Å². The molecule has 8 heteroatoms. The van der Waals surface area contributed by atoms with E-state index < -0.39 is 6.10 Å². The highest BCUT2D eigenvalue weighted by atomic mass is 16.5. The third kappa shape index (κ3) is 5.70. The molecule has 0 spiro atoms. The Balaban J connectivity index is 1.58. The van der Waals surface area contributed by atoms with E-state index in [9.17, 15) is 5.11 Å². The quantitative estimate of drug-likeness (QED) is 0.255. The van der Waals surface area contributed by atoms with Gasteiger partial charge < -0.3 is 29.8 Å². The Kier molecular flexibility index (Phi) is 8.33. The van der Waals surface area contributed by atoms with Gasteiger partial charge in [0.2, 0.25) is 0 Å². The van der Waals surface area contributed by atoms with Gasteiger partial charge in [-0.25, -0.2) is 4.98 Å². The van der Waals surface area contributed by atoms with Gasteiger partial charge in [-0.05, 0) is 50.6 Å². The highest BCUT2D eigenvalue weighted by Crippen LogP contribution is 2.29. The molecule has 0 aliphatic carbocycles. The summed E-state index contributed by atoms with van der Waals surface area (Å²) in [4.78, 5) is 9.17. The molecule has 32 heavy (non-hydrogen) atoms. The molecule has 1 unspecified atom stereocenters. The van der Waals surface area contributed by atoms with Crippen LogP contribution in [0.3, 0.4) is 0 Å². The number of hydrogen-bond acceptors (Lipinski definition) is 5. The van der Waals surface area contributed by atoms with Gasteiger partial charge in [-0.3, -0.25) is 4.99 Å². The predicted octanol–water partition coefficient (Wildman–Crippen LogP) is 3.04. The second-order valence-corrected chi connectivity index (χ2v) is 7.42. The lowest BCUT2D eigenvalue weighted by molar-refractivity contribution is 0.182. The topological polar surface area (TPSA) is 92.9 Å². The number of ether oxygens (including phenoxy) is 2. The van der Waals surface area contributed by atoms with Gasteiger partial charge in [-0.1, -0.05) is 12.1 Å². The first kappa shape index (κ1) is 23.4. The summed E-state index contributed by atoms with van der Waals surface area (Å²) in [6, 6.07) is 13.5. The number of fused-ring (bicyclic) bond motifs is 1. The van der Waals surface area contributed by atoms with Crippen molar-refractivity contribution in [3.05, 3.63) is 53.9 Å². The van der Waals surface area contributed by atoms with E-state index in [0.717, 1.165) is 42.9 Å². The number of aliphatic imine (C=N–C) groups is 1. The van der Waals surface area contributed by atoms with E-state index in [2.05, 4.69) is 31.2 Å². The Hall–Kier alpha value is -3.26. The van der Waals surface area contributed by atoms with Gasteiger partial charge in [0.25, 0.3) is 0 Å². The molecule has 0 saturated carbocycles. The monoisotopic (exact) mass is 439 g/mol. The van der Waals surface area contributed by atoms with Crippen molar-refractivity contribution in [3.63, 3.8) is 0 Å². The fourth-order valence-corrected chi connectivity index (χ4v) is 3.64. The number of imidazole rings is 1. The summed E-state index contributed by atoms with van der Waals surface area (Å²) >= 11 is 0. The molecule has 0 aliphatic rings. The summed E-state index contributed by atoms with van der Waals surface area (Å²) in [5.41, 5.74) is 2.82. The zero-order chi connectivity index (χ0) is 22.9. The van der Waals surface area contributed by atoms with Crippen LogP contribution < -0.4 is 20.1 Å². The van der Waals surface area contributed by atoms with Crippen LogP contribution >= 0.6 is 0 Å². The molecule has 1 aromatic heterocycles. The van der Waals surface area contributed by atoms with Gasteiger partial charge in [0.15, 0.2) is 5.96 Å².